The van der Waals surface area contributed by atoms with Crippen molar-refractivity contribution in [1.29, 1.82) is 0 Å². The van der Waals surface area contributed by atoms with E-state index < -0.39 is 0 Å². The highest BCUT2D eigenvalue weighted by molar-refractivity contribution is 5.87. The van der Waals surface area contributed by atoms with Gasteiger partial charge in [0.2, 0.25) is 0 Å². The predicted octanol–water partition coefficient (Wildman–Crippen LogP) is 2.65. The number of ether oxygens (including phenoxy) is 1. The molecule has 1 atom stereocenters. The van der Waals surface area contributed by atoms with Crippen molar-refractivity contribution in [3.8, 4) is 0 Å². The summed E-state index contributed by atoms with van der Waals surface area (Å²) in [5.74, 6) is 0.598. The molecule has 1 aromatic heterocycles. The van der Waals surface area contributed by atoms with E-state index in [0.717, 1.165) is 5.69 Å². The Labute approximate surface area is 89.8 Å². The molecule has 15 heavy (non-hydrogen) atoms. The van der Waals surface area contributed by atoms with E-state index in [4.69, 9.17) is 4.74 Å². The van der Waals surface area contributed by atoms with Crippen LogP contribution in [0.3, 0.4) is 0 Å². The summed E-state index contributed by atoms with van der Waals surface area (Å²) >= 11 is 0. The van der Waals surface area contributed by atoms with Gasteiger partial charge in [0.15, 0.2) is 5.78 Å². The summed E-state index contributed by atoms with van der Waals surface area (Å²) in [5, 5.41) is 0. The van der Waals surface area contributed by atoms with E-state index in [2.05, 4.69) is 4.98 Å². The highest BCUT2D eigenvalue weighted by Crippen LogP contribution is 2.16. The molecule has 1 aromatic rings. The second-order valence-electron chi connectivity index (χ2n) is 3.38. The lowest BCUT2D eigenvalue weighted by Gasteiger charge is -2.13. The second-order valence-corrected chi connectivity index (χ2v) is 3.38. The van der Waals surface area contributed by atoms with Gasteiger partial charge < -0.3 is 4.74 Å². The fourth-order valence-electron chi connectivity index (χ4n) is 1.28. The topological polar surface area (TPSA) is 39.2 Å². The van der Waals surface area contributed by atoms with Gasteiger partial charge in [0, 0.05) is 12.3 Å². The summed E-state index contributed by atoms with van der Waals surface area (Å²) in [6.45, 7) is 5.17. The maximum absolute atomic E-state index is 10.8. The Morgan fingerprint density at radius 2 is 2.20 bits per heavy atom. The lowest BCUT2D eigenvalue weighted by Crippen LogP contribution is -2.01. The lowest BCUT2D eigenvalue weighted by molar-refractivity contribution is -0.112. The third kappa shape index (κ3) is 3.94. The summed E-state index contributed by atoms with van der Waals surface area (Å²) in [6, 6.07) is 5.66. The molecule has 3 nitrogen and oxygen atoms in total. The molecule has 0 spiro atoms. The molecule has 1 heterocycles. The molecule has 3 heteroatoms. The van der Waals surface area contributed by atoms with Crippen molar-refractivity contribution in [3.63, 3.8) is 0 Å². The molecular weight excluding hydrogens is 190 g/mol. The van der Waals surface area contributed by atoms with E-state index in [1.807, 2.05) is 25.1 Å². The Bertz CT molecular complexity index is 357. The first-order chi connectivity index (χ1) is 7.09. The van der Waals surface area contributed by atoms with Gasteiger partial charge in [-0.3, -0.25) is 9.78 Å². The molecule has 0 saturated carbocycles. The van der Waals surface area contributed by atoms with E-state index in [1.165, 1.54) is 13.0 Å². The summed E-state index contributed by atoms with van der Waals surface area (Å²) in [6.07, 6.45) is 3.06. The normalized spacial score (nSPS) is 13.4. The van der Waals surface area contributed by atoms with Crippen molar-refractivity contribution in [2.75, 3.05) is 0 Å². The molecule has 0 N–H and O–H groups in total. The zero-order valence-corrected chi connectivity index (χ0v) is 9.23. The minimum absolute atomic E-state index is 0.0132. The molecule has 0 aliphatic rings. The van der Waals surface area contributed by atoms with Crippen molar-refractivity contribution < 1.29 is 9.53 Å². The van der Waals surface area contributed by atoms with Crippen LogP contribution in [0.15, 0.2) is 36.2 Å². The molecule has 80 valence electrons. The fraction of sp³-hybridized carbons (Fsp3) is 0.333. The number of nitrogens with zero attached hydrogens (tertiary/aromatic N) is 1. The minimum Gasteiger partial charge on any atom is -0.489 e. The van der Waals surface area contributed by atoms with E-state index in [0.29, 0.717) is 5.76 Å². The lowest BCUT2D eigenvalue weighted by atomic mass is 10.2. The molecule has 0 unspecified atom stereocenters. The zero-order valence-electron chi connectivity index (χ0n) is 9.23. The standard InChI is InChI=1S/C12H15NO2/c1-9(14)8-10(2)15-11(3)12-6-4-5-7-13-12/h4-8,11H,1-3H3/b10-8-/t11-/m0/s1. The first-order valence-corrected chi connectivity index (χ1v) is 4.86. The Hall–Kier alpha value is -1.64. The molecular formula is C12H15NO2. The zero-order chi connectivity index (χ0) is 11.3. The highest BCUT2D eigenvalue weighted by atomic mass is 16.5. The monoisotopic (exact) mass is 205 g/mol. The maximum Gasteiger partial charge on any atom is 0.155 e. The van der Waals surface area contributed by atoms with Crippen molar-refractivity contribution in [1.82, 2.24) is 4.98 Å². The van der Waals surface area contributed by atoms with E-state index in [-0.39, 0.29) is 11.9 Å². The highest BCUT2D eigenvalue weighted by Gasteiger charge is 2.07. The Morgan fingerprint density at radius 1 is 1.47 bits per heavy atom. The average Bonchev–Trinajstić information content (AvgIpc) is 2.17. The van der Waals surface area contributed by atoms with E-state index in [9.17, 15) is 4.79 Å². The van der Waals surface area contributed by atoms with Gasteiger partial charge in [0.05, 0.1) is 11.5 Å². The van der Waals surface area contributed by atoms with Crippen LogP contribution in [0.5, 0.6) is 0 Å². The average molecular weight is 205 g/mol. The van der Waals surface area contributed by atoms with Crippen LogP contribution in [-0.4, -0.2) is 10.8 Å². The molecule has 0 aliphatic heterocycles. The van der Waals surface area contributed by atoms with Crippen LogP contribution in [0.25, 0.3) is 0 Å². The number of ketones is 1. The van der Waals surface area contributed by atoms with Crippen LogP contribution in [0, 0.1) is 0 Å². The molecule has 0 aromatic carbocycles. The van der Waals surface area contributed by atoms with Crippen molar-refractivity contribution >= 4 is 5.78 Å². The summed E-state index contributed by atoms with van der Waals surface area (Å²) in [4.78, 5) is 15.0. The maximum atomic E-state index is 10.8. The van der Waals surface area contributed by atoms with Crippen molar-refractivity contribution in [2.24, 2.45) is 0 Å². The van der Waals surface area contributed by atoms with Crippen LogP contribution in [0.2, 0.25) is 0 Å². The smallest absolute Gasteiger partial charge is 0.155 e. The van der Waals surface area contributed by atoms with E-state index >= 15 is 0 Å². The molecule has 0 aliphatic carbocycles. The summed E-state index contributed by atoms with van der Waals surface area (Å²) in [5.41, 5.74) is 0.855. The number of hydrogen-bond acceptors (Lipinski definition) is 3. The number of hydrogen-bond donors (Lipinski definition) is 0. The number of carbonyl (C=O) groups is 1. The first-order valence-electron chi connectivity index (χ1n) is 4.86. The number of aromatic nitrogens is 1. The van der Waals surface area contributed by atoms with Gasteiger partial charge in [0.25, 0.3) is 0 Å². The van der Waals surface area contributed by atoms with Gasteiger partial charge in [-0.25, -0.2) is 0 Å². The molecule has 0 fully saturated rings. The van der Waals surface area contributed by atoms with Gasteiger partial charge in [-0.1, -0.05) is 6.07 Å². The number of allylic oxidation sites excluding steroid dienone is 2. The first kappa shape index (κ1) is 11.4. The van der Waals surface area contributed by atoms with Crippen LogP contribution in [0.4, 0.5) is 0 Å². The molecule has 0 amide bonds. The number of carbonyl (C=O) groups excluding carboxylic acids is 1. The Morgan fingerprint density at radius 3 is 2.73 bits per heavy atom. The third-order valence-electron chi connectivity index (χ3n) is 1.87. The van der Waals surface area contributed by atoms with Crippen molar-refractivity contribution in [3.05, 3.63) is 41.9 Å². The SMILES string of the molecule is CC(=O)/C=C(/C)O[C@@H](C)c1ccccn1. The largest absolute Gasteiger partial charge is 0.489 e. The summed E-state index contributed by atoms with van der Waals surface area (Å²) < 4.78 is 5.52. The molecule has 0 bridgehead atoms. The molecule has 0 radical (unpaired) electrons. The second kappa shape index (κ2) is 5.29. The van der Waals surface area contributed by atoms with Gasteiger partial charge in [0.1, 0.15) is 6.10 Å². The van der Waals surface area contributed by atoms with E-state index in [1.54, 1.807) is 13.1 Å². The number of rotatable bonds is 4. The number of pyridine rings is 1. The predicted molar refractivity (Wildman–Crippen MR) is 58.2 cm³/mol. The molecule has 0 saturated heterocycles. The quantitative estimate of drug-likeness (QED) is 0.560. The molecule has 1 rings (SSSR count). The minimum atomic E-state index is -0.137. The van der Waals surface area contributed by atoms with Gasteiger partial charge in [-0.15, -0.1) is 0 Å². The van der Waals surface area contributed by atoms with Gasteiger partial charge in [-0.2, -0.15) is 0 Å². The van der Waals surface area contributed by atoms with Crippen LogP contribution in [0.1, 0.15) is 32.6 Å². The van der Waals surface area contributed by atoms with Gasteiger partial charge in [-0.05, 0) is 32.9 Å². The van der Waals surface area contributed by atoms with Crippen molar-refractivity contribution in [2.45, 2.75) is 26.9 Å². The van der Waals surface area contributed by atoms with Crippen LogP contribution in [-0.2, 0) is 9.53 Å². The van der Waals surface area contributed by atoms with Crippen LogP contribution < -0.4 is 0 Å². The Kier molecular flexibility index (Phi) is 4.03. The Balaban J connectivity index is 2.64. The summed E-state index contributed by atoms with van der Waals surface area (Å²) in [7, 11) is 0. The van der Waals surface area contributed by atoms with Gasteiger partial charge >= 0.3 is 0 Å². The van der Waals surface area contributed by atoms with Crippen LogP contribution >= 0.6 is 0 Å². The third-order valence-corrected chi connectivity index (χ3v) is 1.87. The fourth-order valence-corrected chi connectivity index (χ4v) is 1.28.